The predicted octanol–water partition coefficient (Wildman–Crippen LogP) is 5.84. The van der Waals surface area contributed by atoms with Crippen LogP contribution in [0.5, 0.6) is 11.5 Å². The molecule has 0 saturated heterocycles. The van der Waals surface area contributed by atoms with Gasteiger partial charge in [-0.3, -0.25) is 19.7 Å². The molecule has 11 heteroatoms. The molecule has 0 spiro atoms. The van der Waals surface area contributed by atoms with Gasteiger partial charge in [0, 0.05) is 46.2 Å². The van der Waals surface area contributed by atoms with Gasteiger partial charge < -0.3 is 19.7 Å². The molecule has 212 valence electrons. The number of methoxy groups -OCH3 is 1. The molecule has 1 N–H and O–H groups in total. The number of hydrogen-bond donors (Lipinski definition) is 1. The molecule has 0 aliphatic heterocycles. The van der Waals surface area contributed by atoms with Crippen LogP contribution in [0.25, 0.3) is 0 Å². The van der Waals surface area contributed by atoms with Crippen LogP contribution < -0.4 is 14.8 Å². The van der Waals surface area contributed by atoms with E-state index in [0.29, 0.717) is 15.6 Å². The van der Waals surface area contributed by atoms with Gasteiger partial charge in [0.15, 0.2) is 6.61 Å². The number of carbonyl (C=O) groups excluding carboxylic acids is 2. The Hall–Kier alpha value is -3.82. The number of amides is 2. The Morgan fingerprint density at radius 3 is 2.25 bits per heavy atom. The van der Waals surface area contributed by atoms with Crippen LogP contribution in [0.3, 0.4) is 0 Å². The molecule has 0 aliphatic rings. The number of rotatable bonds is 11. The van der Waals surface area contributed by atoms with Crippen LogP contribution in [0.15, 0.2) is 66.7 Å². The maximum Gasteiger partial charge on any atom is 0.311 e. The maximum absolute atomic E-state index is 13.8. The highest BCUT2D eigenvalue weighted by Crippen LogP contribution is 2.31. The minimum Gasteiger partial charge on any atom is -0.490 e. The molecule has 40 heavy (non-hydrogen) atoms. The molecule has 3 aromatic carbocycles. The number of nitro groups is 1. The van der Waals surface area contributed by atoms with Crippen LogP contribution in [0.4, 0.5) is 5.69 Å². The SMILES string of the molecule is COc1cc(OCC(=O)N(Cc2c(Cl)cccc2Cl)[C@H](Cc2ccccc2)C(=O)NC(C)(C)C)ccc1[N+](=O)[O-]. The Morgan fingerprint density at radius 1 is 1.02 bits per heavy atom. The van der Waals surface area contributed by atoms with E-state index in [2.05, 4.69) is 5.32 Å². The van der Waals surface area contributed by atoms with Crippen molar-refractivity contribution in [1.82, 2.24) is 10.2 Å². The number of ether oxygens (including phenoxy) is 2. The van der Waals surface area contributed by atoms with Crippen LogP contribution in [0.2, 0.25) is 10.0 Å². The van der Waals surface area contributed by atoms with Crippen LogP contribution in [0.1, 0.15) is 31.9 Å². The molecule has 0 aromatic heterocycles. The molecule has 0 radical (unpaired) electrons. The third-order valence-corrected chi connectivity index (χ3v) is 6.58. The first-order valence-corrected chi connectivity index (χ1v) is 13.2. The second kappa shape index (κ2) is 13.5. The van der Waals surface area contributed by atoms with Crippen molar-refractivity contribution in [3.05, 3.63) is 98.0 Å². The molecule has 9 nitrogen and oxygen atoms in total. The zero-order valence-corrected chi connectivity index (χ0v) is 24.2. The second-order valence-electron chi connectivity index (χ2n) is 10.0. The molecule has 0 unspecified atom stereocenters. The summed E-state index contributed by atoms with van der Waals surface area (Å²) in [6.45, 7) is 5.04. The number of carbonyl (C=O) groups is 2. The summed E-state index contributed by atoms with van der Waals surface area (Å²) in [5.41, 5.74) is 0.533. The fourth-order valence-corrected chi connectivity index (χ4v) is 4.50. The average Bonchev–Trinajstić information content (AvgIpc) is 2.90. The van der Waals surface area contributed by atoms with Crippen molar-refractivity contribution in [1.29, 1.82) is 0 Å². The van der Waals surface area contributed by atoms with Gasteiger partial charge in [-0.1, -0.05) is 59.6 Å². The van der Waals surface area contributed by atoms with E-state index in [-0.39, 0.29) is 36.1 Å². The molecule has 0 saturated carbocycles. The number of nitrogens with zero attached hydrogens (tertiary/aromatic N) is 2. The van der Waals surface area contributed by atoms with Crippen molar-refractivity contribution in [2.45, 2.75) is 45.3 Å². The van der Waals surface area contributed by atoms with Gasteiger partial charge in [-0.15, -0.1) is 0 Å². The minimum atomic E-state index is -0.934. The summed E-state index contributed by atoms with van der Waals surface area (Å²) < 4.78 is 10.8. The Kier molecular flexibility index (Phi) is 10.4. The van der Waals surface area contributed by atoms with Gasteiger partial charge >= 0.3 is 5.69 Å². The fraction of sp³-hybridized carbons (Fsp3) is 0.310. The van der Waals surface area contributed by atoms with Gasteiger partial charge in [-0.25, -0.2) is 0 Å². The Balaban J connectivity index is 1.98. The van der Waals surface area contributed by atoms with E-state index in [0.717, 1.165) is 5.56 Å². The van der Waals surface area contributed by atoms with Gasteiger partial charge in [-0.2, -0.15) is 0 Å². The summed E-state index contributed by atoms with van der Waals surface area (Å²) >= 11 is 12.9. The average molecular weight is 588 g/mol. The maximum atomic E-state index is 13.8. The predicted molar refractivity (Wildman–Crippen MR) is 154 cm³/mol. The van der Waals surface area contributed by atoms with E-state index in [1.807, 2.05) is 51.1 Å². The Morgan fingerprint density at radius 2 is 1.68 bits per heavy atom. The summed E-state index contributed by atoms with van der Waals surface area (Å²) in [6, 6.07) is 17.3. The molecule has 0 bridgehead atoms. The Labute approximate surface area is 243 Å². The summed E-state index contributed by atoms with van der Waals surface area (Å²) in [5.74, 6) is -0.699. The van der Waals surface area contributed by atoms with Gasteiger partial charge in [-0.05, 0) is 44.5 Å². The topological polar surface area (TPSA) is 111 Å². The number of nitrogens with one attached hydrogen (secondary N) is 1. The molecular formula is C29H31Cl2N3O6. The number of hydrogen-bond acceptors (Lipinski definition) is 6. The third-order valence-electron chi connectivity index (χ3n) is 5.87. The lowest BCUT2D eigenvalue weighted by molar-refractivity contribution is -0.385. The minimum absolute atomic E-state index is 0.0128. The molecule has 3 aromatic rings. The third kappa shape index (κ3) is 8.34. The number of nitro benzene ring substituents is 1. The molecule has 1 atom stereocenters. The second-order valence-corrected chi connectivity index (χ2v) is 10.9. The van der Waals surface area contributed by atoms with E-state index in [4.69, 9.17) is 32.7 Å². The van der Waals surface area contributed by atoms with E-state index >= 15 is 0 Å². The quantitative estimate of drug-likeness (QED) is 0.223. The van der Waals surface area contributed by atoms with Gasteiger partial charge in [0.05, 0.1) is 12.0 Å². The van der Waals surface area contributed by atoms with E-state index in [9.17, 15) is 19.7 Å². The van der Waals surface area contributed by atoms with Crippen molar-refractivity contribution < 1.29 is 24.0 Å². The van der Waals surface area contributed by atoms with Crippen LogP contribution in [-0.2, 0) is 22.6 Å². The molecule has 0 heterocycles. The lowest BCUT2D eigenvalue weighted by Crippen LogP contribution is -2.55. The first kappa shape index (κ1) is 30.7. The fourth-order valence-electron chi connectivity index (χ4n) is 3.99. The van der Waals surface area contributed by atoms with E-state index in [1.54, 1.807) is 18.2 Å². The highest BCUT2D eigenvalue weighted by atomic mass is 35.5. The normalized spacial score (nSPS) is 11.8. The first-order chi connectivity index (χ1) is 18.9. The molecule has 0 fully saturated rings. The monoisotopic (exact) mass is 587 g/mol. The lowest BCUT2D eigenvalue weighted by Gasteiger charge is -2.34. The zero-order valence-electron chi connectivity index (χ0n) is 22.6. The smallest absolute Gasteiger partial charge is 0.311 e. The highest BCUT2D eigenvalue weighted by Gasteiger charge is 2.33. The first-order valence-electron chi connectivity index (χ1n) is 12.4. The summed E-state index contributed by atoms with van der Waals surface area (Å²) in [5, 5.41) is 14.9. The molecular weight excluding hydrogens is 557 g/mol. The van der Waals surface area contributed by atoms with E-state index in [1.165, 1.54) is 30.2 Å². The summed E-state index contributed by atoms with van der Waals surface area (Å²) in [7, 11) is 1.30. The van der Waals surface area contributed by atoms with Crippen molar-refractivity contribution in [2.24, 2.45) is 0 Å². The standard InChI is InChI=1S/C29H31Cl2N3O6/c1-29(2,3)32-28(36)25(15-19-9-6-5-7-10-19)33(17-21-22(30)11-8-12-23(21)31)27(35)18-40-20-13-14-24(34(37)38)26(16-20)39-4/h5-14,16,25H,15,17-18H2,1-4H3,(H,32,36)/t25-/m1/s1. The summed E-state index contributed by atoms with van der Waals surface area (Å²) in [6.07, 6.45) is 0.224. The number of benzene rings is 3. The number of halogens is 2. The summed E-state index contributed by atoms with van der Waals surface area (Å²) in [4.78, 5) is 39.4. The molecule has 0 aliphatic carbocycles. The highest BCUT2D eigenvalue weighted by molar-refractivity contribution is 6.36. The van der Waals surface area contributed by atoms with Crippen molar-refractivity contribution in [3.8, 4) is 11.5 Å². The Bertz CT molecular complexity index is 1340. The van der Waals surface area contributed by atoms with Gasteiger partial charge in [0.1, 0.15) is 11.8 Å². The lowest BCUT2D eigenvalue weighted by atomic mass is 10.0. The van der Waals surface area contributed by atoms with Crippen LogP contribution in [-0.4, -0.2) is 46.9 Å². The van der Waals surface area contributed by atoms with Gasteiger partial charge in [0.25, 0.3) is 5.91 Å². The van der Waals surface area contributed by atoms with Crippen LogP contribution in [0, 0.1) is 10.1 Å². The van der Waals surface area contributed by atoms with Crippen molar-refractivity contribution in [2.75, 3.05) is 13.7 Å². The van der Waals surface area contributed by atoms with Crippen molar-refractivity contribution in [3.63, 3.8) is 0 Å². The van der Waals surface area contributed by atoms with Gasteiger partial charge in [0.2, 0.25) is 11.7 Å². The molecule has 2 amide bonds. The van der Waals surface area contributed by atoms with Crippen LogP contribution >= 0.6 is 23.2 Å². The zero-order chi connectivity index (χ0) is 29.4. The van der Waals surface area contributed by atoms with E-state index < -0.39 is 29.0 Å². The molecule has 3 rings (SSSR count). The van der Waals surface area contributed by atoms with Crippen molar-refractivity contribution >= 4 is 40.7 Å². The largest absolute Gasteiger partial charge is 0.490 e.